The van der Waals surface area contributed by atoms with E-state index < -0.39 is 0 Å². The Kier molecular flexibility index (Phi) is 7.96. The Hall–Kier alpha value is -1.68. The van der Waals surface area contributed by atoms with Gasteiger partial charge >= 0.3 is 0 Å². The standard InChI is InChI=1S/C21H30N2O/c1-3-14-23(16-20-12-8-5-9-13-20)18-21(24)17-22(2)15-19-10-6-4-7-11-19/h4-13,21,24H,3,14-18H2,1-2H3. The lowest BCUT2D eigenvalue weighted by molar-refractivity contribution is 0.0770. The molecule has 0 aromatic heterocycles. The van der Waals surface area contributed by atoms with E-state index in [0.29, 0.717) is 13.1 Å². The third-order valence-corrected chi connectivity index (χ3v) is 4.08. The fraction of sp³-hybridized carbons (Fsp3) is 0.429. The van der Waals surface area contributed by atoms with Crippen LogP contribution in [-0.4, -0.2) is 47.7 Å². The number of aliphatic hydroxyl groups is 1. The highest BCUT2D eigenvalue weighted by molar-refractivity contribution is 5.15. The van der Waals surface area contributed by atoms with Gasteiger partial charge in [0.2, 0.25) is 0 Å². The molecule has 1 unspecified atom stereocenters. The van der Waals surface area contributed by atoms with Gasteiger partial charge in [0.15, 0.2) is 0 Å². The van der Waals surface area contributed by atoms with Gasteiger partial charge in [0.05, 0.1) is 6.10 Å². The molecule has 24 heavy (non-hydrogen) atoms. The van der Waals surface area contributed by atoms with Crippen molar-refractivity contribution in [2.45, 2.75) is 32.5 Å². The van der Waals surface area contributed by atoms with Crippen molar-refractivity contribution < 1.29 is 5.11 Å². The molecule has 0 bridgehead atoms. The van der Waals surface area contributed by atoms with E-state index in [1.54, 1.807) is 0 Å². The van der Waals surface area contributed by atoms with Gasteiger partial charge in [0.1, 0.15) is 0 Å². The van der Waals surface area contributed by atoms with Crippen molar-refractivity contribution in [1.82, 2.24) is 9.80 Å². The number of nitrogens with zero attached hydrogens (tertiary/aromatic N) is 2. The summed E-state index contributed by atoms with van der Waals surface area (Å²) in [5.41, 5.74) is 2.58. The summed E-state index contributed by atoms with van der Waals surface area (Å²) >= 11 is 0. The average molecular weight is 326 g/mol. The first-order chi connectivity index (χ1) is 11.7. The molecule has 0 saturated heterocycles. The van der Waals surface area contributed by atoms with Crippen LogP contribution in [0.5, 0.6) is 0 Å². The van der Waals surface area contributed by atoms with Gasteiger partial charge in [0.25, 0.3) is 0 Å². The molecule has 130 valence electrons. The van der Waals surface area contributed by atoms with Crippen LogP contribution in [0.15, 0.2) is 60.7 Å². The number of hydrogen-bond acceptors (Lipinski definition) is 3. The molecule has 0 heterocycles. The molecule has 1 atom stereocenters. The maximum atomic E-state index is 10.5. The summed E-state index contributed by atoms with van der Waals surface area (Å²) in [5.74, 6) is 0. The molecule has 0 spiro atoms. The molecule has 0 aliphatic carbocycles. The first-order valence-electron chi connectivity index (χ1n) is 8.84. The molecule has 0 aliphatic heterocycles. The molecule has 1 N–H and O–H groups in total. The zero-order valence-electron chi connectivity index (χ0n) is 14.9. The Balaban J connectivity index is 1.82. The van der Waals surface area contributed by atoms with Crippen molar-refractivity contribution in [3.8, 4) is 0 Å². The molecule has 0 amide bonds. The van der Waals surface area contributed by atoms with Crippen LogP contribution in [0.3, 0.4) is 0 Å². The van der Waals surface area contributed by atoms with Gasteiger partial charge in [-0.05, 0) is 31.1 Å². The summed E-state index contributed by atoms with van der Waals surface area (Å²) in [6, 6.07) is 20.9. The van der Waals surface area contributed by atoms with Crippen molar-refractivity contribution in [2.75, 3.05) is 26.7 Å². The lowest BCUT2D eigenvalue weighted by atomic mass is 10.2. The summed E-state index contributed by atoms with van der Waals surface area (Å²) < 4.78 is 0. The fourth-order valence-corrected chi connectivity index (χ4v) is 3.07. The first kappa shape index (κ1) is 18.7. The van der Waals surface area contributed by atoms with Crippen molar-refractivity contribution in [2.24, 2.45) is 0 Å². The Morgan fingerprint density at radius 2 is 1.38 bits per heavy atom. The van der Waals surface area contributed by atoms with Gasteiger partial charge < -0.3 is 5.11 Å². The maximum absolute atomic E-state index is 10.5. The maximum Gasteiger partial charge on any atom is 0.0793 e. The molecule has 0 radical (unpaired) electrons. The van der Waals surface area contributed by atoms with E-state index >= 15 is 0 Å². The quantitative estimate of drug-likeness (QED) is 0.725. The molecular formula is C21H30N2O. The van der Waals surface area contributed by atoms with Crippen LogP contribution in [0, 0.1) is 0 Å². The largest absolute Gasteiger partial charge is 0.390 e. The third kappa shape index (κ3) is 6.83. The van der Waals surface area contributed by atoms with Crippen molar-refractivity contribution in [3.63, 3.8) is 0 Å². The highest BCUT2D eigenvalue weighted by Crippen LogP contribution is 2.08. The van der Waals surface area contributed by atoms with Crippen LogP contribution in [0.25, 0.3) is 0 Å². The Labute approximate surface area is 146 Å². The molecule has 3 nitrogen and oxygen atoms in total. The highest BCUT2D eigenvalue weighted by atomic mass is 16.3. The van der Waals surface area contributed by atoms with Crippen molar-refractivity contribution >= 4 is 0 Å². The van der Waals surface area contributed by atoms with E-state index in [1.165, 1.54) is 11.1 Å². The van der Waals surface area contributed by atoms with E-state index in [-0.39, 0.29) is 6.10 Å². The van der Waals surface area contributed by atoms with Crippen LogP contribution in [-0.2, 0) is 13.1 Å². The minimum atomic E-state index is -0.339. The zero-order valence-corrected chi connectivity index (χ0v) is 14.9. The Bertz CT molecular complexity index is 559. The SMILES string of the molecule is CCCN(Cc1ccccc1)CC(O)CN(C)Cc1ccccc1. The molecule has 2 aromatic rings. The zero-order chi connectivity index (χ0) is 17.2. The van der Waals surface area contributed by atoms with Crippen molar-refractivity contribution in [3.05, 3.63) is 71.8 Å². The van der Waals surface area contributed by atoms with E-state index in [0.717, 1.165) is 26.1 Å². The molecular weight excluding hydrogens is 296 g/mol. The minimum absolute atomic E-state index is 0.339. The number of rotatable bonds is 10. The van der Waals surface area contributed by atoms with Crippen LogP contribution in [0.4, 0.5) is 0 Å². The van der Waals surface area contributed by atoms with Gasteiger partial charge in [-0.15, -0.1) is 0 Å². The van der Waals surface area contributed by atoms with Crippen molar-refractivity contribution in [1.29, 1.82) is 0 Å². The monoisotopic (exact) mass is 326 g/mol. The second-order valence-electron chi connectivity index (χ2n) is 6.56. The first-order valence-corrected chi connectivity index (χ1v) is 8.84. The average Bonchev–Trinajstić information content (AvgIpc) is 2.56. The number of benzene rings is 2. The second-order valence-corrected chi connectivity index (χ2v) is 6.56. The summed E-state index contributed by atoms with van der Waals surface area (Å²) in [7, 11) is 2.07. The van der Waals surface area contributed by atoms with Gasteiger partial charge in [-0.1, -0.05) is 67.6 Å². The molecule has 0 saturated carbocycles. The van der Waals surface area contributed by atoms with Gasteiger partial charge in [0, 0.05) is 26.2 Å². The molecule has 0 fully saturated rings. The molecule has 2 aromatic carbocycles. The number of aliphatic hydroxyl groups excluding tert-OH is 1. The smallest absolute Gasteiger partial charge is 0.0793 e. The molecule has 2 rings (SSSR count). The normalized spacial score (nSPS) is 12.7. The van der Waals surface area contributed by atoms with Crippen LogP contribution < -0.4 is 0 Å². The molecule has 3 heteroatoms. The van der Waals surface area contributed by atoms with Gasteiger partial charge in [-0.25, -0.2) is 0 Å². The van der Waals surface area contributed by atoms with E-state index in [4.69, 9.17) is 0 Å². The lowest BCUT2D eigenvalue weighted by Crippen LogP contribution is -2.39. The second kappa shape index (κ2) is 10.2. The van der Waals surface area contributed by atoms with Crippen LogP contribution in [0.1, 0.15) is 24.5 Å². The summed E-state index contributed by atoms with van der Waals surface area (Å²) in [6.07, 6.45) is 0.758. The highest BCUT2D eigenvalue weighted by Gasteiger charge is 2.14. The molecule has 0 aliphatic rings. The minimum Gasteiger partial charge on any atom is -0.390 e. The van der Waals surface area contributed by atoms with E-state index in [1.807, 2.05) is 12.1 Å². The predicted octanol–water partition coefficient (Wildman–Crippen LogP) is 3.39. The van der Waals surface area contributed by atoms with Crippen LogP contribution >= 0.6 is 0 Å². The summed E-state index contributed by atoms with van der Waals surface area (Å²) in [4.78, 5) is 4.53. The number of likely N-dealkylation sites (N-methyl/N-ethyl adjacent to an activating group) is 1. The summed E-state index contributed by atoms with van der Waals surface area (Å²) in [5, 5.41) is 10.5. The fourth-order valence-electron chi connectivity index (χ4n) is 3.07. The van der Waals surface area contributed by atoms with Crippen LogP contribution in [0.2, 0.25) is 0 Å². The summed E-state index contributed by atoms with van der Waals surface area (Å²) in [6.45, 7) is 6.35. The third-order valence-electron chi connectivity index (χ3n) is 4.08. The van der Waals surface area contributed by atoms with Gasteiger partial charge in [-0.3, -0.25) is 9.80 Å². The lowest BCUT2D eigenvalue weighted by Gasteiger charge is -2.27. The van der Waals surface area contributed by atoms with E-state index in [9.17, 15) is 5.11 Å². The van der Waals surface area contributed by atoms with E-state index in [2.05, 4.69) is 72.3 Å². The predicted molar refractivity (Wildman–Crippen MR) is 101 cm³/mol. The Morgan fingerprint density at radius 1 is 0.833 bits per heavy atom. The topological polar surface area (TPSA) is 26.7 Å². The number of hydrogen-bond donors (Lipinski definition) is 1. The Morgan fingerprint density at radius 3 is 1.92 bits per heavy atom. The van der Waals surface area contributed by atoms with Gasteiger partial charge in [-0.2, -0.15) is 0 Å².